The Morgan fingerprint density at radius 2 is 1.95 bits per heavy atom. The molecule has 2 nitrogen and oxygen atoms in total. The number of nitrogens with one attached hydrogen (secondary N) is 1. The standard InChI is InChI=1S/C17H28N2/c1-5-11-16(2,3)19-13-12-18-17(4,14-19)15-9-7-6-8-10-15/h6-10,18H,5,11-14H2,1-4H3. The molecular weight excluding hydrogens is 232 g/mol. The van der Waals surface area contributed by atoms with E-state index < -0.39 is 0 Å². The van der Waals surface area contributed by atoms with E-state index in [9.17, 15) is 0 Å². The Labute approximate surface area is 118 Å². The van der Waals surface area contributed by atoms with Crippen LogP contribution in [0, 0.1) is 0 Å². The Balaban J connectivity index is 2.17. The second kappa shape index (κ2) is 5.64. The molecule has 0 radical (unpaired) electrons. The van der Waals surface area contributed by atoms with Gasteiger partial charge in [0.15, 0.2) is 0 Å². The summed E-state index contributed by atoms with van der Waals surface area (Å²) in [6, 6.07) is 10.8. The van der Waals surface area contributed by atoms with Crippen molar-refractivity contribution in [3.8, 4) is 0 Å². The summed E-state index contributed by atoms with van der Waals surface area (Å²) in [5.74, 6) is 0. The number of hydrogen-bond donors (Lipinski definition) is 1. The summed E-state index contributed by atoms with van der Waals surface area (Å²) in [5, 5.41) is 3.71. The van der Waals surface area contributed by atoms with Crippen molar-refractivity contribution < 1.29 is 0 Å². The normalized spacial score (nSPS) is 25.5. The van der Waals surface area contributed by atoms with Crippen LogP contribution in [0.1, 0.15) is 46.1 Å². The minimum atomic E-state index is 0.0739. The molecule has 1 saturated heterocycles. The quantitative estimate of drug-likeness (QED) is 0.893. The summed E-state index contributed by atoms with van der Waals surface area (Å²) in [6.45, 7) is 12.7. The maximum absolute atomic E-state index is 3.71. The first kappa shape index (κ1) is 14.5. The highest BCUT2D eigenvalue weighted by Crippen LogP contribution is 2.30. The molecule has 0 bridgehead atoms. The fraction of sp³-hybridized carbons (Fsp3) is 0.647. The van der Waals surface area contributed by atoms with Crippen LogP contribution in [0.2, 0.25) is 0 Å². The van der Waals surface area contributed by atoms with E-state index in [4.69, 9.17) is 0 Å². The van der Waals surface area contributed by atoms with Gasteiger partial charge in [-0.3, -0.25) is 4.90 Å². The van der Waals surface area contributed by atoms with Crippen LogP contribution in [-0.4, -0.2) is 30.1 Å². The zero-order valence-electron chi connectivity index (χ0n) is 12.9. The van der Waals surface area contributed by atoms with E-state index in [0.717, 1.165) is 19.6 Å². The molecule has 1 unspecified atom stereocenters. The predicted molar refractivity (Wildman–Crippen MR) is 82.4 cm³/mol. The topological polar surface area (TPSA) is 15.3 Å². The minimum Gasteiger partial charge on any atom is -0.305 e. The monoisotopic (exact) mass is 260 g/mol. The van der Waals surface area contributed by atoms with E-state index in [1.807, 2.05) is 0 Å². The average Bonchev–Trinajstić information content (AvgIpc) is 2.40. The van der Waals surface area contributed by atoms with Gasteiger partial charge in [-0.2, -0.15) is 0 Å². The summed E-state index contributed by atoms with van der Waals surface area (Å²) in [4.78, 5) is 2.65. The molecule has 1 heterocycles. The first-order valence-electron chi connectivity index (χ1n) is 7.53. The van der Waals surface area contributed by atoms with Crippen LogP contribution < -0.4 is 5.32 Å². The molecule has 0 spiro atoms. The highest BCUT2D eigenvalue weighted by Gasteiger charge is 2.37. The first-order chi connectivity index (χ1) is 8.98. The first-order valence-corrected chi connectivity index (χ1v) is 7.53. The molecule has 0 saturated carbocycles. The van der Waals surface area contributed by atoms with E-state index >= 15 is 0 Å². The van der Waals surface area contributed by atoms with E-state index in [1.54, 1.807) is 0 Å². The van der Waals surface area contributed by atoms with Gasteiger partial charge >= 0.3 is 0 Å². The lowest BCUT2D eigenvalue weighted by atomic mass is 9.86. The Morgan fingerprint density at radius 3 is 2.58 bits per heavy atom. The highest BCUT2D eigenvalue weighted by atomic mass is 15.3. The van der Waals surface area contributed by atoms with Gasteiger partial charge in [0.05, 0.1) is 5.54 Å². The zero-order valence-corrected chi connectivity index (χ0v) is 12.9. The summed E-state index contributed by atoms with van der Waals surface area (Å²) >= 11 is 0. The molecule has 2 heteroatoms. The van der Waals surface area contributed by atoms with Crippen LogP contribution in [0.3, 0.4) is 0 Å². The van der Waals surface area contributed by atoms with Crippen molar-refractivity contribution in [1.29, 1.82) is 0 Å². The molecule has 1 fully saturated rings. The van der Waals surface area contributed by atoms with Crippen molar-refractivity contribution in [2.24, 2.45) is 0 Å². The number of hydrogen-bond acceptors (Lipinski definition) is 2. The smallest absolute Gasteiger partial charge is 0.0535 e. The Kier molecular flexibility index (Phi) is 4.32. The largest absolute Gasteiger partial charge is 0.305 e. The van der Waals surface area contributed by atoms with Gasteiger partial charge in [0, 0.05) is 25.2 Å². The second-order valence-corrected chi connectivity index (χ2v) is 6.61. The molecule has 19 heavy (non-hydrogen) atoms. The number of nitrogens with zero attached hydrogens (tertiary/aromatic N) is 1. The van der Waals surface area contributed by atoms with Crippen LogP contribution in [0.5, 0.6) is 0 Å². The average molecular weight is 260 g/mol. The number of benzene rings is 1. The van der Waals surface area contributed by atoms with Crippen LogP contribution in [0.4, 0.5) is 0 Å². The molecule has 0 aromatic heterocycles. The molecule has 2 rings (SSSR count). The van der Waals surface area contributed by atoms with Crippen molar-refractivity contribution in [3.63, 3.8) is 0 Å². The minimum absolute atomic E-state index is 0.0739. The molecule has 106 valence electrons. The fourth-order valence-corrected chi connectivity index (χ4v) is 3.27. The molecule has 0 aliphatic carbocycles. The van der Waals surface area contributed by atoms with E-state index in [2.05, 4.69) is 68.2 Å². The van der Waals surface area contributed by atoms with Gasteiger partial charge < -0.3 is 5.32 Å². The predicted octanol–water partition coefficient (Wildman–Crippen LogP) is 3.39. The molecule has 1 aromatic rings. The van der Waals surface area contributed by atoms with Crippen LogP contribution in [0.25, 0.3) is 0 Å². The van der Waals surface area contributed by atoms with Gasteiger partial charge in [-0.05, 0) is 32.8 Å². The van der Waals surface area contributed by atoms with Gasteiger partial charge in [0.25, 0.3) is 0 Å². The molecule has 1 N–H and O–H groups in total. The van der Waals surface area contributed by atoms with Crippen molar-refractivity contribution in [1.82, 2.24) is 10.2 Å². The lowest BCUT2D eigenvalue weighted by Crippen LogP contribution is -2.61. The lowest BCUT2D eigenvalue weighted by Gasteiger charge is -2.48. The van der Waals surface area contributed by atoms with E-state index in [-0.39, 0.29) is 5.54 Å². The lowest BCUT2D eigenvalue weighted by molar-refractivity contribution is 0.0446. The van der Waals surface area contributed by atoms with Crippen LogP contribution in [-0.2, 0) is 5.54 Å². The molecule has 1 atom stereocenters. The molecule has 1 aromatic carbocycles. The van der Waals surface area contributed by atoms with Crippen LogP contribution >= 0.6 is 0 Å². The fourth-order valence-electron chi connectivity index (χ4n) is 3.27. The number of rotatable bonds is 4. The second-order valence-electron chi connectivity index (χ2n) is 6.61. The Morgan fingerprint density at radius 1 is 1.26 bits per heavy atom. The van der Waals surface area contributed by atoms with Crippen molar-refractivity contribution in [2.45, 2.75) is 51.6 Å². The Hall–Kier alpha value is -0.860. The molecular formula is C17H28N2. The summed E-state index contributed by atoms with van der Waals surface area (Å²) < 4.78 is 0. The van der Waals surface area contributed by atoms with Gasteiger partial charge in [0.1, 0.15) is 0 Å². The van der Waals surface area contributed by atoms with Gasteiger partial charge in [-0.15, -0.1) is 0 Å². The SMILES string of the molecule is CCCC(C)(C)N1CCNC(C)(c2ccccc2)C1. The van der Waals surface area contributed by atoms with Gasteiger partial charge in [-0.1, -0.05) is 43.7 Å². The third-order valence-corrected chi connectivity index (χ3v) is 4.53. The molecule has 0 amide bonds. The third kappa shape index (κ3) is 3.18. The summed E-state index contributed by atoms with van der Waals surface area (Å²) in [7, 11) is 0. The number of piperazine rings is 1. The van der Waals surface area contributed by atoms with Crippen molar-refractivity contribution in [3.05, 3.63) is 35.9 Å². The highest BCUT2D eigenvalue weighted by molar-refractivity contribution is 5.25. The zero-order chi connectivity index (χ0) is 13.9. The maximum Gasteiger partial charge on any atom is 0.0535 e. The summed E-state index contributed by atoms with van der Waals surface area (Å²) in [6.07, 6.45) is 2.51. The van der Waals surface area contributed by atoms with Gasteiger partial charge in [-0.25, -0.2) is 0 Å². The van der Waals surface area contributed by atoms with E-state index in [1.165, 1.54) is 18.4 Å². The van der Waals surface area contributed by atoms with Crippen LogP contribution in [0.15, 0.2) is 30.3 Å². The van der Waals surface area contributed by atoms with Crippen molar-refractivity contribution in [2.75, 3.05) is 19.6 Å². The molecule has 1 aliphatic rings. The maximum atomic E-state index is 3.71. The summed E-state index contributed by atoms with van der Waals surface area (Å²) in [5.41, 5.74) is 1.77. The third-order valence-electron chi connectivity index (χ3n) is 4.53. The van der Waals surface area contributed by atoms with Crippen molar-refractivity contribution >= 4 is 0 Å². The Bertz CT molecular complexity index is 399. The van der Waals surface area contributed by atoms with E-state index in [0.29, 0.717) is 5.54 Å². The molecule has 1 aliphatic heterocycles. The van der Waals surface area contributed by atoms with Gasteiger partial charge in [0.2, 0.25) is 0 Å².